The molecule has 8 heteroatoms. The Morgan fingerprint density at radius 2 is 1.72 bits per heavy atom. The summed E-state index contributed by atoms with van der Waals surface area (Å²) in [6.07, 6.45) is -5.09. The average Bonchev–Trinajstić information content (AvgIpc) is 2.60. The summed E-state index contributed by atoms with van der Waals surface area (Å²) in [6, 6.07) is -1.54. The summed E-state index contributed by atoms with van der Waals surface area (Å²) in [4.78, 5) is 12.9. The molecule has 2 saturated heterocycles. The van der Waals surface area contributed by atoms with Gasteiger partial charge in [0.2, 0.25) is 0 Å². The molecule has 0 radical (unpaired) electrons. The highest BCUT2D eigenvalue weighted by atomic mass is 16.5. The van der Waals surface area contributed by atoms with E-state index >= 15 is 0 Å². The van der Waals surface area contributed by atoms with Gasteiger partial charge >= 0.3 is 6.09 Å². The van der Waals surface area contributed by atoms with Gasteiger partial charge in [-0.15, -0.1) is 0 Å². The molecule has 0 bridgehead atoms. The third-order valence-corrected chi connectivity index (χ3v) is 3.61. The van der Waals surface area contributed by atoms with Crippen molar-refractivity contribution in [3.63, 3.8) is 0 Å². The van der Waals surface area contributed by atoms with E-state index in [1.54, 1.807) is 4.90 Å². The third kappa shape index (κ3) is 2.17. The second-order valence-electron chi connectivity index (χ2n) is 4.72. The second-order valence-corrected chi connectivity index (χ2v) is 4.72. The fraction of sp³-hybridized carbons (Fsp3) is 0.900. The monoisotopic (exact) mass is 262 g/mol. The van der Waals surface area contributed by atoms with Gasteiger partial charge in [-0.25, -0.2) is 4.79 Å². The fourth-order valence-corrected chi connectivity index (χ4v) is 2.70. The number of nitrogens with one attached hydrogen (secondary N) is 1. The number of nitrogens with zero attached hydrogens (tertiary/aromatic N) is 1. The summed E-state index contributed by atoms with van der Waals surface area (Å²) in [7, 11) is 1.18. The lowest BCUT2D eigenvalue weighted by atomic mass is 9.90. The van der Waals surface area contributed by atoms with Crippen LogP contribution in [0.5, 0.6) is 0 Å². The minimum Gasteiger partial charge on any atom is -0.453 e. The Kier molecular flexibility index (Phi) is 3.74. The SMILES string of the molecule is COC(=O)N[C@H]1[C@H](O)[C@H](O)CN2C[C@H](O)[C@@H](O)[C@H]12. The predicted molar refractivity (Wildman–Crippen MR) is 58.7 cm³/mol. The molecule has 0 aromatic carbocycles. The molecule has 8 nitrogen and oxygen atoms in total. The molecule has 0 spiro atoms. The van der Waals surface area contributed by atoms with Crippen LogP contribution in [0.1, 0.15) is 0 Å². The van der Waals surface area contributed by atoms with E-state index in [4.69, 9.17) is 0 Å². The van der Waals surface area contributed by atoms with Gasteiger partial charge in [-0.2, -0.15) is 0 Å². The molecule has 0 unspecified atom stereocenters. The van der Waals surface area contributed by atoms with Gasteiger partial charge < -0.3 is 30.5 Å². The van der Waals surface area contributed by atoms with Gasteiger partial charge in [-0.3, -0.25) is 4.90 Å². The lowest BCUT2D eigenvalue weighted by molar-refractivity contribution is -0.0870. The van der Waals surface area contributed by atoms with Gasteiger partial charge in [0.05, 0.1) is 37.5 Å². The minimum absolute atomic E-state index is 0.138. The number of methoxy groups -OCH3 is 1. The Morgan fingerprint density at radius 3 is 2.28 bits per heavy atom. The zero-order valence-corrected chi connectivity index (χ0v) is 9.93. The first-order chi connectivity index (χ1) is 8.45. The van der Waals surface area contributed by atoms with Crippen LogP contribution in [-0.4, -0.2) is 88.1 Å². The van der Waals surface area contributed by atoms with E-state index in [2.05, 4.69) is 10.1 Å². The Balaban J connectivity index is 2.18. The number of aliphatic hydroxyl groups excluding tert-OH is 4. The molecule has 2 rings (SSSR count). The van der Waals surface area contributed by atoms with Gasteiger partial charge in [0, 0.05) is 13.1 Å². The molecule has 0 aliphatic carbocycles. The Morgan fingerprint density at radius 1 is 1.17 bits per heavy atom. The fourth-order valence-electron chi connectivity index (χ4n) is 2.70. The first-order valence-electron chi connectivity index (χ1n) is 5.76. The summed E-state index contributed by atoms with van der Waals surface area (Å²) in [6.45, 7) is 0.328. The molecule has 6 atom stereocenters. The first-order valence-corrected chi connectivity index (χ1v) is 5.76. The quantitative estimate of drug-likeness (QED) is 0.338. The topological polar surface area (TPSA) is 122 Å². The summed E-state index contributed by atoms with van der Waals surface area (Å²) >= 11 is 0. The zero-order chi connectivity index (χ0) is 13.4. The van der Waals surface area contributed by atoms with Crippen molar-refractivity contribution in [2.24, 2.45) is 0 Å². The lowest BCUT2D eigenvalue weighted by Gasteiger charge is -2.43. The van der Waals surface area contributed by atoms with Crippen LogP contribution < -0.4 is 5.32 Å². The van der Waals surface area contributed by atoms with E-state index in [1.165, 1.54) is 7.11 Å². The number of hydrogen-bond acceptors (Lipinski definition) is 7. The maximum atomic E-state index is 11.2. The van der Waals surface area contributed by atoms with Crippen molar-refractivity contribution in [2.45, 2.75) is 36.5 Å². The van der Waals surface area contributed by atoms with Crippen molar-refractivity contribution >= 4 is 6.09 Å². The normalized spacial score (nSPS) is 44.5. The minimum atomic E-state index is -1.22. The number of rotatable bonds is 1. The van der Waals surface area contributed by atoms with Crippen molar-refractivity contribution in [3.8, 4) is 0 Å². The van der Waals surface area contributed by atoms with E-state index in [1.807, 2.05) is 0 Å². The van der Waals surface area contributed by atoms with Crippen LogP contribution in [0, 0.1) is 0 Å². The molecule has 5 N–H and O–H groups in total. The second kappa shape index (κ2) is 4.98. The van der Waals surface area contributed by atoms with E-state index in [0.29, 0.717) is 0 Å². The zero-order valence-electron chi connectivity index (χ0n) is 9.93. The third-order valence-electron chi connectivity index (χ3n) is 3.61. The van der Waals surface area contributed by atoms with Crippen LogP contribution in [0.25, 0.3) is 0 Å². The number of hydrogen-bond donors (Lipinski definition) is 5. The summed E-state index contributed by atoms with van der Waals surface area (Å²) in [5.74, 6) is 0. The molecule has 2 aliphatic heterocycles. The van der Waals surface area contributed by atoms with Crippen LogP contribution >= 0.6 is 0 Å². The number of alkyl carbamates (subject to hydrolysis) is 1. The Hall–Kier alpha value is -0.930. The molecular formula is C10H18N2O6. The number of carbonyl (C=O) groups is 1. The molecule has 0 aromatic heterocycles. The largest absolute Gasteiger partial charge is 0.453 e. The Bertz CT molecular complexity index is 327. The maximum Gasteiger partial charge on any atom is 0.407 e. The summed E-state index contributed by atoms with van der Waals surface area (Å²) in [5, 5.41) is 41.5. The molecular weight excluding hydrogens is 244 g/mol. The molecule has 18 heavy (non-hydrogen) atoms. The number of ether oxygens (including phenoxy) is 1. The van der Waals surface area contributed by atoms with Crippen LogP contribution in [0.3, 0.4) is 0 Å². The first kappa shape index (κ1) is 13.5. The van der Waals surface area contributed by atoms with E-state index < -0.39 is 42.6 Å². The lowest BCUT2D eigenvalue weighted by Crippen LogP contribution is -2.67. The number of aliphatic hydroxyl groups is 4. The van der Waals surface area contributed by atoms with Gasteiger partial charge in [0.15, 0.2) is 0 Å². The van der Waals surface area contributed by atoms with Crippen LogP contribution in [-0.2, 0) is 4.74 Å². The van der Waals surface area contributed by atoms with Gasteiger partial charge in [0.25, 0.3) is 0 Å². The number of carbonyl (C=O) groups excluding carboxylic acids is 1. The highest BCUT2D eigenvalue weighted by Gasteiger charge is 2.52. The predicted octanol–water partition coefficient (Wildman–Crippen LogP) is -3.15. The molecule has 2 heterocycles. The van der Waals surface area contributed by atoms with Gasteiger partial charge in [-0.1, -0.05) is 0 Å². The molecule has 1 amide bonds. The van der Waals surface area contributed by atoms with Crippen molar-refractivity contribution in [2.75, 3.05) is 20.2 Å². The summed E-state index contributed by atoms with van der Waals surface area (Å²) in [5.41, 5.74) is 0. The highest BCUT2D eigenvalue weighted by Crippen LogP contribution is 2.28. The molecule has 2 aliphatic rings. The maximum absolute atomic E-state index is 11.2. The van der Waals surface area contributed by atoms with Crippen LogP contribution in [0.2, 0.25) is 0 Å². The standard InChI is InChI=1S/C10H18N2O6/c1-18-10(17)11-6-7-9(16)5(14)3-12(7)2-4(13)8(6)15/h4-9,13-16H,2-3H2,1H3,(H,11,17)/t4-,5+,6-,7+,8-,9-/m1/s1. The van der Waals surface area contributed by atoms with E-state index in [-0.39, 0.29) is 13.1 Å². The van der Waals surface area contributed by atoms with Crippen molar-refractivity contribution < 1.29 is 30.0 Å². The summed E-state index contributed by atoms with van der Waals surface area (Å²) < 4.78 is 4.44. The molecule has 0 aromatic rings. The van der Waals surface area contributed by atoms with Crippen LogP contribution in [0.4, 0.5) is 4.79 Å². The smallest absolute Gasteiger partial charge is 0.407 e. The highest BCUT2D eigenvalue weighted by molar-refractivity contribution is 5.67. The van der Waals surface area contributed by atoms with E-state index in [0.717, 1.165) is 0 Å². The van der Waals surface area contributed by atoms with E-state index in [9.17, 15) is 25.2 Å². The van der Waals surface area contributed by atoms with Crippen LogP contribution in [0.15, 0.2) is 0 Å². The van der Waals surface area contributed by atoms with Crippen molar-refractivity contribution in [1.29, 1.82) is 0 Å². The number of piperidine rings is 1. The van der Waals surface area contributed by atoms with Crippen molar-refractivity contribution in [1.82, 2.24) is 10.2 Å². The number of fused-ring (bicyclic) bond motifs is 1. The number of amides is 1. The van der Waals surface area contributed by atoms with Crippen molar-refractivity contribution in [3.05, 3.63) is 0 Å². The average molecular weight is 262 g/mol. The van der Waals surface area contributed by atoms with Gasteiger partial charge in [-0.05, 0) is 0 Å². The van der Waals surface area contributed by atoms with Gasteiger partial charge in [0.1, 0.15) is 6.10 Å². The Labute approximate surface area is 104 Å². The molecule has 2 fully saturated rings. The molecule has 0 saturated carbocycles. The molecule has 104 valence electrons.